The minimum absolute atomic E-state index is 0.114. The van der Waals surface area contributed by atoms with E-state index in [1.54, 1.807) is 0 Å². The fourth-order valence-corrected chi connectivity index (χ4v) is 2.17. The van der Waals surface area contributed by atoms with Gasteiger partial charge in [0.25, 0.3) is 5.56 Å². The van der Waals surface area contributed by atoms with Gasteiger partial charge in [-0.1, -0.05) is 0 Å². The number of pyridine rings is 1. The van der Waals surface area contributed by atoms with E-state index >= 15 is 0 Å². The van der Waals surface area contributed by atoms with Gasteiger partial charge in [0.05, 0.1) is 5.56 Å². The number of hydrogen-bond donors (Lipinski definition) is 2. The Hall–Kier alpha value is -1.78. The molecule has 0 unspecified atom stereocenters. The summed E-state index contributed by atoms with van der Waals surface area (Å²) in [5, 5.41) is 18.8. The average Bonchev–Trinajstić information content (AvgIpc) is 2.26. The zero-order chi connectivity index (χ0) is 11.9. The molecule has 0 saturated carbocycles. The summed E-state index contributed by atoms with van der Waals surface area (Å²) >= 11 is 0. The molecule has 0 spiro atoms. The third-order valence-electron chi connectivity index (χ3n) is 3.03. The van der Waals surface area contributed by atoms with Crippen molar-refractivity contribution in [1.82, 2.24) is 4.57 Å². The number of aromatic hydroxyl groups is 1. The summed E-state index contributed by atoms with van der Waals surface area (Å²) in [5.41, 5.74) is 0.170. The van der Waals surface area contributed by atoms with Crippen LogP contribution in [0.15, 0.2) is 4.79 Å². The minimum Gasteiger partial charge on any atom is -0.506 e. The van der Waals surface area contributed by atoms with Crippen LogP contribution in [0.25, 0.3) is 0 Å². The summed E-state index contributed by atoms with van der Waals surface area (Å²) in [7, 11) is 0. The zero-order valence-corrected chi connectivity index (χ0v) is 8.99. The van der Waals surface area contributed by atoms with Crippen LogP contribution in [0.1, 0.15) is 34.5 Å². The van der Waals surface area contributed by atoms with Crippen LogP contribution in [-0.2, 0) is 13.0 Å². The van der Waals surface area contributed by atoms with Crippen molar-refractivity contribution in [3.63, 3.8) is 0 Å². The maximum Gasteiger partial charge on any atom is 0.341 e. The maximum absolute atomic E-state index is 11.8. The van der Waals surface area contributed by atoms with E-state index in [9.17, 15) is 14.7 Å². The van der Waals surface area contributed by atoms with Crippen LogP contribution in [0.4, 0.5) is 0 Å². The van der Waals surface area contributed by atoms with E-state index in [1.165, 1.54) is 11.5 Å². The third-order valence-corrected chi connectivity index (χ3v) is 3.03. The topological polar surface area (TPSA) is 79.5 Å². The molecule has 0 atom stereocenters. The van der Waals surface area contributed by atoms with Gasteiger partial charge in [-0.15, -0.1) is 0 Å². The molecular formula is C11H13NO4. The monoisotopic (exact) mass is 223 g/mol. The van der Waals surface area contributed by atoms with Gasteiger partial charge in [-0.2, -0.15) is 0 Å². The summed E-state index contributed by atoms with van der Waals surface area (Å²) in [6, 6.07) is 0. The van der Waals surface area contributed by atoms with Crippen molar-refractivity contribution in [2.75, 3.05) is 0 Å². The normalized spacial score (nSPS) is 14.6. The molecule has 16 heavy (non-hydrogen) atoms. The SMILES string of the molecule is Cc1c(O)c(C(=O)O)c2n(c1=O)CCCC2. The van der Waals surface area contributed by atoms with Crippen molar-refractivity contribution >= 4 is 5.97 Å². The number of nitrogens with zero attached hydrogens (tertiary/aromatic N) is 1. The second kappa shape index (κ2) is 3.66. The Morgan fingerprint density at radius 2 is 2.06 bits per heavy atom. The number of carboxylic acid groups (broad SMARTS) is 1. The van der Waals surface area contributed by atoms with Crippen LogP contribution in [0.5, 0.6) is 5.75 Å². The molecule has 1 aliphatic rings. The largest absolute Gasteiger partial charge is 0.506 e. The highest BCUT2D eigenvalue weighted by Gasteiger charge is 2.25. The predicted octanol–water partition coefficient (Wildman–Crippen LogP) is 0.897. The number of aromatic carboxylic acids is 1. The average molecular weight is 223 g/mol. The standard InChI is InChI=1S/C11H13NO4/c1-6-9(13)8(11(15)16)7-4-2-3-5-12(7)10(6)14/h13H,2-5H2,1H3,(H,15,16). The third kappa shape index (κ3) is 1.39. The van der Waals surface area contributed by atoms with Gasteiger partial charge in [-0.05, 0) is 26.2 Å². The molecule has 1 aromatic heterocycles. The lowest BCUT2D eigenvalue weighted by atomic mass is 10.0. The molecule has 5 nitrogen and oxygen atoms in total. The lowest BCUT2D eigenvalue weighted by Crippen LogP contribution is -2.31. The molecule has 1 aliphatic heterocycles. The second-order valence-corrected chi connectivity index (χ2v) is 4.01. The highest BCUT2D eigenvalue weighted by molar-refractivity contribution is 5.92. The van der Waals surface area contributed by atoms with E-state index in [2.05, 4.69) is 0 Å². The summed E-state index contributed by atoms with van der Waals surface area (Å²) < 4.78 is 1.47. The van der Waals surface area contributed by atoms with Crippen molar-refractivity contribution in [2.45, 2.75) is 32.7 Å². The molecule has 0 saturated heterocycles. The van der Waals surface area contributed by atoms with Crippen LogP contribution >= 0.6 is 0 Å². The van der Waals surface area contributed by atoms with Crippen molar-refractivity contribution in [2.24, 2.45) is 0 Å². The number of rotatable bonds is 1. The molecule has 0 bridgehead atoms. The molecule has 0 fully saturated rings. The van der Waals surface area contributed by atoms with Crippen LogP contribution in [0.2, 0.25) is 0 Å². The summed E-state index contributed by atoms with van der Waals surface area (Å²) in [5.74, 6) is -1.56. The first-order chi connectivity index (χ1) is 7.54. The molecule has 2 N–H and O–H groups in total. The van der Waals surface area contributed by atoms with Gasteiger partial charge in [0, 0.05) is 12.2 Å². The molecule has 86 valence electrons. The van der Waals surface area contributed by atoms with Gasteiger partial charge in [-0.3, -0.25) is 4.79 Å². The maximum atomic E-state index is 11.8. The van der Waals surface area contributed by atoms with Gasteiger partial charge in [-0.25, -0.2) is 4.79 Å². The Balaban J connectivity index is 2.83. The van der Waals surface area contributed by atoms with E-state index in [1.807, 2.05) is 0 Å². The Kier molecular flexibility index (Phi) is 2.46. The van der Waals surface area contributed by atoms with Gasteiger partial charge in [0.2, 0.25) is 0 Å². The highest BCUT2D eigenvalue weighted by atomic mass is 16.4. The number of carbonyl (C=O) groups is 1. The first-order valence-electron chi connectivity index (χ1n) is 5.22. The van der Waals surface area contributed by atoms with Crippen LogP contribution in [0, 0.1) is 6.92 Å². The molecule has 5 heteroatoms. The van der Waals surface area contributed by atoms with Crippen molar-refractivity contribution < 1.29 is 15.0 Å². The lowest BCUT2D eigenvalue weighted by molar-refractivity contribution is 0.0690. The van der Waals surface area contributed by atoms with Crippen molar-refractivity contribution in [3.05, 3.63) is 27.2 Å². The van der Waals surface area contributed by atoms with E-state index in [4.69, 9.17) is 5.11 Å². The Bertz CT molecular complexity index is 516. The predicted molar refractivity (Wildman–Crippen MR) is 57.0 cm³/mol. The smallest absolute Gasteiger partial charge is 0.341 e. The van der Waals surface area contributed by atoms with Gasteiger partial charge in [0.1, 0.15) is 11.3 Å². The molecular weight excluding hydrogens is 210 g/mol. The fraction of sp³-hybridized carbons (Fsp3) is 0.455. The second-order valence-electron chi connectivity index (χ2n) is 4.01. The van der Waals surface area contributed by atoms with Gasteiger partial charge < -0.3 is 14.8 Å². The molecule has 2 rings (SSSR count). The van der Waals surface area contributed by atoms with Gasteiger partial charge in [0.15, 0.2) is 0 Å². The zero-order valence-electron chi connectivity index (χ0n) is 8.99. The molecule has 1 aromatic rings. The molecule has 0 radical (unpaired) electrons. The summed E-state index contributed by atoms with van der Waals surface area (Å²) in [4.78, 5) is 22.9. The molecule has 0 aromatic carbocycles. The van der Waals surface area contributed by atoms with Crippen LogP contribution in [-0.4, -0.2) is 20.7 Å². The van der Waals surface area contributed by atoms with E-state index in [0.717, 1.165) is 12.8 Å². The fourth-order valence-electron chi connectivity index (χ4n) is 2.17. The van der Waals surface area contributed by atoms with E-state index in [0.29, 0.717) is 18.7 Å². The Labute approximate surface area is 92.0 Å². The molecule has 0 amide bonds. The highest BCUT2D eigenvalue weighted by Crippen LogP contribution is 2.26. The number of fused-ring (bicyclic) bond motifs is 1. The van der Waals surface area contributed by atoms with E-state index in [-0.39, 0.29) is 22.4 Å². The summed E-state index contributed by atoms with van der Waals surface area (Å²) in [6.45, 7) is 1.99. The Morgan fingerprint density at radius 1 is 1.38 bits per heavy atom. The molecule has 2 heterocycles. The number of aromatic nitrogens is 1. The van der Waals surface area contributed by atoms with Crippen molar-refractivity contribution in [3.8, 4) is 5.75 Å². The first-order valence-corrected chi connectivity index (χ1v) is 5.22. The number of hydrogen-bond acceptors (Lipinski definition) is 3. The first kappa shape index (κ1) is 10.7. The summed E-state index contributed by atoms with van der Waals surface area (Å²) in [6.07, 6.45) is 2.25. The molecule has 0 aliphatic carbocycles. The quantitative estimate of drug-likeness (QED) is 0.741. The van der Waals surface area contributed by atoms with Crippen molar-refractivity contribution in [1.29, 1.82) is 0 Å². The Morgan fingerprint density at radius 3 is 2.69 bits per heavy atom. The van der Waals surface area contributed by atoms with Gasteiger partial charge >= 0.3 is 5.97 Å². The number of carboxylic acids is 1. The van der Waals surface area contributed by atoms with E-state index < -0.39 is 5.97 Å². The van der Waals surface area contributed by atoms with Crippen LogP contribution in [0.3, 0.4) is 0 Å². The lowest BCUT2D eigenvalue weighted by Gasteiger charge is -2.21. The minimum atomic E-state index is -1.17. The van der Waals surface area contributed by atoms with Crippen LogP contribution < -0.4 is 5.56 Å².